The lowest BCUT2D eigenvalue weighted by atomic mass is 9.68. The monoisotopic (exact) mass is 378 g/mol. The van der Waals surface area contributed by atoms with Gasteiger partial charge in [-0.1, -0.05) is 36.4 Å². The number of hydrogen-bond acceptors (Lipinski definition) is 3. The fraction of sp³-hybridized carbons (Fsp3) is 0.292. The Morgan fingerprint density at radius 3 is 2.71 bits per heavy atom. The first-order valence-corrected chi connectivity index (χ1v) is 9.66. The fourth-order valence-electron chi connectivity index (χ4n) is 4.42. The Morgan fingerprint density at radius 1 is 1.18 bits per heavy atom. The molecule has 0 saturated heterocycles. The number of hydrogen-bond donors (Lipinski definition) is 1. The number of halogens is 1. The highest BCUT2D eigenvalue weighted by molar-refractivity contribution is 5.51. The van der Waals surface area contributed by atoms with E-state index in [0.717, 1.165) is 36.7 Å². The van der Waals surface area contributed by atoms with Crippen molar-refractivity contribution in [2.24, 2.45) is 0 Å². The number of carbonyl (C=O) groups is 1. The van der Waals surface area contributed by atoms with E-state index in [-0.39, 0.29) is 36.1 Å². The molecule has 0 saturated carbocycles. The molecule has 2 aromatic rings. The largest absolute Gasteiger partial charge is 0.508 e. The molecule has 0 fully saturated rings. The molecule has 2 aliphatic rings. The maximum absolute atomic E-state index is 13.4. The van der Waals surface area contributed by atoms with Gasteiger partial charge in [0.1, 0.15) is 24.5 Å². The Labute approximate surface area is 164 Å². The van der Waals surface area contributed by atoms with Crippen LogP contribution in [0.1, 0.15) is 41.4 Å². The molecule has 0 spiro atoms. The number of aldehydes is 1. The predicted octanol–water partition coefficient (Wildman–Crippen LogP) is 4.82. The van der Waals surface area contributed by atoms with Gasteiger partial charge in [-0.3, -0.25) is 0 Å². The molecule has 0 amide bonds. The number of aromatic hydroxyl groups is 1. The van der Waals surface area contributed by atoms with E-state index in [0.29, 0.717) is 0 Å². The number of phenols is 1. The Balaban J connectivity index is 1.69. The van der Waals surface area contributed by atoms with Gasteiger partial charge in [0, 0.05) is 5.92 Å². The lowest BCUT2D eigenvalue weighted by Crippen LogP contribution is -2.22. The van der Waals surface area contributed by atoms with Gasteiger partial charge in [0.15, 0.2) is 0 Å². The second-order valence-corrected chi connectivity index (χ2v) is 7.39. The Kier molecular flexibility index (Phi) is 5.40. The Bertz CT molecular complexity index is 914. The molecule has 0 aromatic heterocycles. The predicted molar refractivity (Wildman–Crippen MR) is 106 cm³/mol. The third-order valence-corrected chi connectivity index (χ3v) is 5.71. The molecular weight excluding hydrogens is 355 g/mol. The highest BCUT2D eigenvalue weighted by Gasteiger charge is 2.33. The molecule has 4 rings (SSSR count). The summed E-state index contributed by atoms with van der Waals surface area (Å²) in [4.78, 5) is 10.5. The van der Waals surface area contributed by atoms with E-state index in [9.17, 15) is 14.3 Å². The number of rotatable bonds is 5. The van der Waals surface area contributed by atoms with Crippen molar-refractivity contribution in [3.05, 3.63) is 88.8 Å². The summed E-state index contributed by atoms with van der Waals surface area (Å²) in [5, 5.41) is 9.90. The molecule has 3 atom stereocenters. The minimum atomic E-state index is -0.228. The molecule has 144 valence electrons. The van der Waals surface area contributed by atoms with Crippen molar-refractivity contribution in [1.29, 1.82) is 0 Å². The van der Waals surface area contributed by atoms with Gasteiger partial charge in [0.05, 0.1) is 6.10 Å². The second-order valence-electron chi connectivity index (χ2n) is 7.39. The molecule has 0 heterocycles. The SMILES string of the molecule is O=CCOC1C=CC([C@@H]2c3ccc(O)cc3CC[C@@H]2c2ccc(F)cc2)=CC1. The van der Waals surface area contributed by atoms with E-state index in [1.54, 1.807) is 6.07 Å². The smallest absolute Gasteiger partial charge is 0.145 e. The van der Waals surface area contributed by atoms with Crippen LogP contribution in [0.15, 0.2) is 66.3 Å². The highest BCUT2D eigenvalue weighted by Crippen LogP contribution is 2.48. The van der Waals surface area contributed by atoms with Crippen LogP contribution in [0.5, 0.6) is 5.75 Å². The highest BCUT2D eigenvalue weighted by atomic mass is 19.1. The first-order valence-electron chi connectivity index (χ1n) is 9.66. The second kappa shape index (κ2) is 8.11. The third-order valence-electron chi connectivity index (χ3n) is 5.71. The topological polar surface area (TPSA) is 46.5 Å². The number of aryl methyl sites for hydroxylation is 1. The summed E-state index contributed by atoms with van der Waals surface area (Å²) in [6, 6.07) is 12.4. The van der Waals surface area contributed by atoms with Gasteiger partial charge in [-0.25, -0.2) is 4.39 Å². The molecular formula is C24H23FO3. The average molecular weight is 378 g/mol. The van der Waals surface area contributed by atoms with Gasteiger partial charge in [0.25, 0.3) is 0 Å². The minimum Gasteiger partial charge on any atom is -0.508 e. The van der Waals surface area contributed by atoms with Crippen molar-refractivity contribution in [2.45, 2.75) is 37.2 Å². The molecule has 2 aliphatic carbocycles. The van der Waals surface area contributed by atoms with Crippen LogP contribution in [0.4, 0.5) is 4.39 Å². The Morgan fingerprint density at radius 2 is 2.00 bits per heavy atom. The zero-order valence-electron chi connectivity index (χ0n) is 15.6. The van der Waals surface area contributed by atoms with Crippen LogP contribution in [0.25, 0.3) is 0 Å². The van der Waals surface area contributed by atoms with Crippen LogP contribution in [-0.4, -0.2) is 24.1 Å². The molecule has 0 radical (unpaired) electrons. The van der Waals surface area contributed by atoms with Crippen molar-refractivity contribution >= 4 is 6.29 Å². The van der Waals surface area contributed by atoms with Crippen LogP contribution in [0, 0.1) is 5.82 Å². The summed E-state index contributed by atoms with van der Waals surface area (Å²) in [6.07, 6.45) is 9.49. The molecule has 3 nitrogen and oxygen atoms in total. The molecule has 2 aromatic carbocycles. The minimum absolute atomic E-state index is 0.0823. The number of allylic oxidation sites excluding steroid dienone is 2. The standard InChI is InChI=1S/C24H23FO3/c25-19-6-1-16(2-7-19)22-11-5-18-15-20(27)8-12-23(18)24(22)17-3-9-21(10-4-17)28-14-13-26/h1-4,6-9,12-13,15,21-22,24,27H,5,10-11,14H2/t21?,22-,24+/m1/s1. The number of carbonyl (C=O) groups excluding carboxylic acids is 1. The average Bonchev–Trinajstić information content (AvgIpc) is 2.72. The van der Waals surface area contributed by atoms with Crippen LogP contribution in [0.3, 0.4) is 0 Å². The van der Waals surface area contributed by atoms with Crippen LogP contribution in [-0.2, 0) is 16.0 Å². The summed E-state index contributed by atoms with van der Waals surface area (Å²) in [6.45, 7) is 0.0991. The van der Waals surface area contributed by atoms with Crippen LogP contribution in [0.2, 0.25) is 0 Å². The molecule has 1 unspecified atom stereocenters. The summed E-state index contributed by atoms with van der Waals surface area (Å²) in [5.41, 5.74) is 4.70. The van der Waals surface area contributed by atoms with Gasteiger partial charge in [0.2, 0.25) is 0 Å². The molecule has 4 heteroatoms. The van der Waals surface area contributed by atoms with Crippen molar-refractivity contribution < 1.29 is 19.0 Å². The maximum Gasteiger partial charge on any atom is 0.145 e. The molecule has 28 heavy (non-hydrogen) atoms. The number of fused-ring (bicyclic) bond motifs is 1. The quantitative estimate of drug-likeness (QED) is 0.759. The van der Waals surface area contributed by atoms with Gasteiger partial charge in [-0.05, 0) is 71.7 Å². The normalized spacial score (nSPS) is 23.8. The molecule has 1 N–H and O–H groups in total. The van der Waals surface area contributed by atoms with E-state index in [2.05, 4.69) is 12.2 Å². The first-order chi connectivity index (χ1) is 13.7. The lowest BCUT2D eigenvalue weighted by Gasteiger charge is -2.36. The van der Waals surface area contributed by atoms with Gasteiger partial charge < -0.3 is 14.6 Å². The van der Waals surface area contributed by atoms with Crippen molar-refractivity contribution in [1.82, 2.24) is 0 Å². The summed E-state index contributed by atoms with van der Waals surface area (Å²) in [5.74, 6) is 0.431. The molecule has 0 aliphatic heterocycles. The number of ether oxygens (including phenoxy) is 1. The van der Waals surface area contributed by atoms with E-state index < -0.39 is 0 Å². The van der Waals surface area contributed by atoms with Crippen molar-refractivity contribution in [3.8, 4) is 5.75 Å². The number of benzene rings is 2. The lowest BCUT2D eigenvalue weighted by molar-refractivity contribution is -0.112. The number of phenolic OH excluding ortho intramolecular Hbond substituents is 1. The summed E-state index contributed by atoms with van der Waals surface area (Å²) in [7, 11) is 0. The maximum atomic E-state index is 13.4. The van der Waals surface area contributed by atoms with Crippen molar-refractivity contribution in [3.63, 3.8) is 0 Å². The van der Waals surface area contributed by atoms with E-state index in [4.69, 9.17) is 4.74 Å². The zero-order valence-corrected chi connectivity index (χ0v) is 15.6. The van der Waals surface area contributed by atoms with E-state index >= 15 is 0 Å². The van der Waals surface area contributed by atoms with Crippen molar-refractivity contribution in [2.75, 3.05) is 6.61 Å². The van der Waals surface area contributed by atoms with E-state index in [1.807, 2.05) is 30.3 Å². The van der Waals surface area contributed by atoms with Gasteiger partial charge in [-0.15, -0.1) is 0 Å². The van der Waals surface area contributed by atoms with Gasteiger partial charge in [-0.2, -0.15) is 0 Å². The first kappa shape index (κ1) is 18.6. The Hall–Kier alpha value is -2.72. The summed E-state index contributed by atoms with van der Waals surface area (Å²) < 4.78 is 18.9. The van der Waals surface area contributed by atoms with Crippen LogP contribution >= 0.6 is 0 Å². The fourth-order valence-corrected chi connectivity index (χ4v) is 4.42. The zero-order chi connectivity index (χ0) is 19.5. The van der Waals surface area contributed by atoms with E-state index in [1.165, 1.54) is 23.3 Å². The van der Waals surface area contributed by atoms with Crippen LogP contribution < -0.4 is 0 Å². The van der Waals surface area contributed by atoms with Gasteiger partial charge >= 0.3 is 0 Å². The summed E-state index contributed by atoms with van der Waals surface area (Å²) >= 11 is 0. The third kappa shape index (κ3) is 3.78. The molecule has 0 bridgehead atoms.